The van der Waals surface area contributed by atoms with Crippen LogP contribution in [0.3, 0.4) is 0 Å². The highest BCUT2D eigenvalue weighted by Crippen LogP contribution is 2.48. The van der Waals surface area contributed by atoms with E-state index in [-0.39, 0.29) is 5.52 Å². The van der Waals surface area contributed by atoms with Crippen LogP contribution in [0.5, 0.6) is 0 Å². The molecule has 5 nitrogen and oxygen atoms in total. The number of nitrogens with one attached hydrogen (secondary N) is 1. The Morgan fingerprint density at radius 1 is 1.11 bits per heavy atom. The molecule has 1 aliphatic heterocycles. The van der Waals surface area contributed by atoms with Crippen LogP contribution in [0.1, 0.15) is 55.4 Å². The molecule has 0 atom stereocenters. The molecule has 8 heteroatoms. The van der Waals surface area contributed by atoms with Gasteiger partial charge in [-0.3, -0.25) is 9.98 Å². The van der Waals surface area contributed by atoms with Crippen molar-refractivity contribution in [3.8, 4) is 0 Å². The molecule has 0 saturated heterocycles. The first-order valence-corrected chi connectivity index (χ1v) is 9.33. The van der Waals surface area contributed by atoms with Crippen LogP contribution >= 0.6 is 0 Å². The highest BCUT2D eigenvalue weighted by atomic mass is 19.4. The van der Waals surface area contributed by atoms with Gasteiger partial charge in [0, 0.05) is 11.9 Å². The van der Waals surface area contributed by atoms with Crippen molar-refractivity contribution >= 4 is 22.6 Å². The molecule has 2 aliphatic rings. The molecule has 28 heavy (non-hydrogen) atoms. The highest BCUT2D eigenvalue weighted by Gasteiger charge is 2.45. The Kier molecular flexibility index (Phi) is 3.63. The van der Waals surface area contributed by atoms with Crippen LogP contribution in [0.25, 0.3) is 11.2 Å². The number of H-pyrrole nitrogens is 1. The molecular weight excluding hydrogens is 367 g/mol. The summed E-state index contributed by atoms with van der Waals surface area (Å²) in [6.07, 6.45) is 0.882. The number of nitrogens with zero attached hydrogens (tertiary/aromatic N) is 4. The van der Waals surface area contributed by atoms with Crippen molar-refractivity contribution in [2.75, 3.05) is 0 Å². The second-order valence-corrected chi connectivity index (χ2v) is 7.62. The predicted octanol–water partition coefficient (Wildman–Crippen LogP) is 4.88. The zero-order valence-electron chi connectivity index (χ0n) is 15.3. The van der Waals surface area contributed by atoms with Crippen molar-refractivity contribution in [1.29, 1.82) is 0 Å². The second kappa shape index (κ2) is 5.86. The Hall–Kier alpha value is -2.77. The maximum atomic E-state index is 13.0. The molecular formula is C20H18F3N5. The number of alkyl halides is 3. The molecule has 0 bridgehead atoms. The van der Waals surface area contributed by atoms with Gasteiger partial charge in [-0.1, -0.05) is 6.42 Å². The van der Waals surface area contributed by atoms with Crippen molar-refractivity contribution in [1.82, 2.24) is 19.9 Å². The molecule has 3 aromatic rings. The Labute approximate surface area is 159 Å². The molecule has 1 saturated carbocycles. The fourth-order valence-corrected chi connectivity index (χ4v) is 4.03. The number of aromatic amines is 1. The van der Waals surface area contributed by atoms with Gasteiger partial charge in [0.1, 0.15) is 11.3 Å². The SMILES string of the molecule is CC1=Nc2ccc(C3(c4nc5cc(C(F)(F)F)cnc5[nH]4)CCC3)nc2CC1. The van der Waals surface area contributed by atoms with Crippen LogP contribution in [0, 0.1) is 0 Å². The molecule has 0 radical (unpaired) electrons. The number of aliphatic imine (C=N–C) groups is 1. The van der Waals surface area contributed by atoms with Gasteiger partial charge < -0.3 is 4.98 Å². The number of rotatable bonds is 2. The third-order valence-electron chi connectivity index (χ3n) is 5.80. The summed E-state index contributed by atoms with van der Waals surface area (Å²) in [4.78, 5) is 21.0. The summed E-state index contributed by atoms with van der Waals surface area (Å²) in [7, 11) is 0. The van der Waals surface area contributed by atoms with Gasteiger partial charge in [0.15, 0.2) is 5.65 Å². The Morgan fingerprint density at radius 3 is 2.64 bits per heavy atom. The van der Waals surface area contributed by atoms with E-state index in [9.17, 15) is 13.2 Å². The van der Waals surface area contributed by atoms with Gasteiger partial charge in [0.2, 0.25) is 0 Å². The quantitative estimate of drug-likeness (QED) is 0.684. The monoisotopic (exact) mass is 385 g/mol. The van der Waals surface area contributed by atoms with Crippen molar-refractivity contribution in [3.63, 3.8) is 0 Å². The number of aryl methyl sites for hydroxylation is 1. The predicted molar refractivity (Wildman–Crippen MR) is 98.8 cm³/mol. The normalized spacial score (nSPS) is 18.5. The van der Waals surface area contributed by atoms with Crippen LogP contribution < -0.4 is 0 Å². The minimum absolute atomic E-state index is 0.231. The molecule has 0 spiro atoms. The van der Waals surface area contributed by atoms with Gasteiger partial charge in [-0.2, -0.15) is 13.2 Å². The lowest BCUT2D eigenvalue weighted by Gasteiger charge is -2.40. The maximum absolute atomic E-state index is 13.0. The summed E-state index contributed by atoms with van der Waals surface area (Å²) in [6.45, 7) is 2.01. The summed E-state index contributed by atoms with van der Waals surface area (Å²) in [5.41, 5.74) is 3.30. The molecule has 1 N–H and O–H groups in total. The minimum atomic E-state index is -4.44. The number of hydrogen-bond acceptors (Lipinski definition) is 4. The summed E-state index contributed by atoms with van der Waals surface area (Å²) in [6, 6.07) is 5.01. The van der Waals surface area contributed by atoms with Gasteiger partial charge in [-0.25, -0.2) is 9.97 Å². The number of halogens is 3. The van der Waals surface area contributed by atoms with Crippen LogP contribution in [0.2, 0.25) is 0 Å². The average molecular weight is 385 g/mol. The molecule has 0 amide bonds. The highest BCUT2D eigenvalue weighted by molar-refractivity contribution is 5.86. The number of hydrogen-bond donors (Lipinski definition) is 1. The summed E-state index contributed by atoms with van der Waals surface area (Å²) in [5, 5.41) is 0. The Balaban J connectivity index is 1.59. The smallest absolute Gasteiger partial charge is 0.326 e. The first kappa shape index (κ1) is 17.3. The van der Waals surface area contributed by atoms with Gasteiger partial charge in [0.25, 0.3) is 0 Å². The van der Waals surface area contributed by atoms with Crippen LogP contribution in [0.4, 0.5) is 18.9 Å². The molecule has 0 unspecified atom stereocenters. The molecule has 1 aliphatic carbocycles. The van der Waals surface area contributed by atoms with Crippen molar-refractivity contribution in [2.24, 2.45) is 4.99 Å². The van der Waals surface area contributed by atoms with Crippen molar-refractivity contribution < 1.29 is 13.2 Å². The largest absolute Gasteiger partial charge is 0.417 e. The van der Waals surface area contributed by atoms with Crippen LogP contribution in [-0.2, 0) is 18.0 Å². The van der Waals surface area contributed by atoms with Crippen molar-refractivity contribution in [3.05, 3.63) is 47.2 Å². The lowest BCUT2D eigenvalue weighted by atomic mass is 9.65. The topological polar surface area (TPSA) is 66.8 Å². The molecule has 5 rings (SSSR count). The third-order valence-corrected chi connectivity index (χ3v) is 5.80. The molecule has 3 aromatic heterocycles. The van der Waals surface area contributed by atoms with E-state index in [1.54, 1.807) is 0 Å². The second-order valence-electron chi connectivity index (χ2n) is 7.62. The van der Waals surface area contributed by atoms with E-state index < -0.39 is 17.2 Å². The average Bonchev–Trinajstić information content (AvgIpc) is 3.03. The lowest BCUT2D eigenvalue weighted by Crippen LogP contribution is -2.37. The van der Waals surface area contributed by atoms with Gasteiger partial charge in [-0.15, -0.1) is 0 Å². The first-order chi connectivity index (χ1) is 13.3. The maximum Gasteiger partial charge on any atom is 0.417 e. The number of aromatic nitrogens is 4. The van der Waals surface area contributed by atoms with Crippen LogP contribution in [-0.4, -0.2) is 25.6 Å². The van der Waals surface area contributed by atoms with E-state index in [0.29, 0.717) is 11.5 Å². The fourth-order valence-electron chi connectivity index (χ4n) is 4.03. The zero-order chi connectivity index (χ0) is 19.5. The summed E-state index contributed by atoms with van der Waals surface area (Å²) < 4.78 is 39.0. The Bertz CT molecular complexity index is 1110. The van der Waals surface area contributed by atoms with E-state index in [2.05, 4.69) is 19.9 Å². The summed E-state index contributed by atoms with van der Waals surface area (Å²) in [5.74, 6) is 0.642. The molecule has 4 heterocycles. The van der Waals surface area contributed by atoms with Crippen molar-refractivity contribution in [2.45, 2.75) is 50.6 Å². The third kappa shape index (κ3) is 2.62. The van der Waals surface area contributed by atoms with E-state index in [4.69, 9.17) is 4.98 Å². The first-order valence-electron chi connectivity index (χ1n) is 9.33. The number of fused-ring (bicyclic) bond motifs is 2. The molecule has 1 fully saturated rings. The standard InChI is InChI=1S/C20H18F3N5/c1-11-3-4-14-13(25-11)5-6-16(26-14)19(7-2-8-19)18-27-15-9-12(20(21,22)23)10-24-17(15)28-18/h5-6,9-10H,2-4,7-8H2,1H3,(H,24,27,28). The van der Waals surface area contributed by atoms with E-state index in [1.807, 2.05) is 19.1 Å². The minimum Gasteiger partial charge on any atom is -0.326 e. The molecule has 0 aromatic carbocycles. The lowest BCUT2D eigenvalue weighted by molar-refractivity contribution is -0.137. The Morgan fingerprint density at radius 2 is 1.93 bits per heavy atom. The van der Waals surface area contributed by atoms with Gasteiger partial charge >= 0.3 is 6.18 Å². The fraction of sp³-hybridized carbons (Fsp3) is 0.400. The van der Waals surface area contributed by atoms with Crippen LogP contribution in [0.15, 0.2) is 29.4 Å². The van der Waals surface area contributed by atoms with Gasteiger partial charge in [-0.05, 0) is 50.8 Å². The van der Waals surface area contributed by atoms with E-state index in [1.165, 1.54) is 0 Å². The number of pyridine rings is 2. The van der Waals surface area contributed by atoms with E-state index in [0.717, 1.165) is 67.2 Å². The number of imidazole rings is 1. The van der Waals surface area contributed by atoms with E-state index >= 15 is 0 Å². The zero-order valence-corrected chi connectivity index (χ0v) is 15.3. The summed E-state index contributed by atoms with van der Waals surface area (Å²) >= 11 is 0. The van der Waals surface area contributed by atoms with Gasteiger partial charge in [0.05, 0.1) is 28.1 Å². The molecule has 144 valence electrons.